The lowest BCUT2D eigenvalue weighted by atomic mass is 10.2. The van der Waals surface area contributed by atoms with Gasteiger partial charge in [0.25, 0.3) is 0 Å². The van der Waals surface area contributed by atoms with E-state index in [1.807, 2.05) is 6.20 Å². The van der Waals surface area contributed by atoms with Gasteiger partial charge in [0.1, 0.15) is 5.82 Å². The Balaban J connectivity index is 1.86. The number of benzene rings is 1. The Morgan fingerprint density at radius 2 is 2.30 bits per heavy atom. The number of hydrogen-bond donors (Lipinski definition) is 2. The van der Waals surface area contributed by atoms with Gasteiger partial charge in [-0.3, -0.25) is 4.68 Å². The first-order valence-electron chi connectivity index (χ1n) is 7.08. The number of anilines is 1. The van der Waals surface area contributed by atoms with Gasteiger partial charge in [0, 0.05) is 31.5 Å². The molecule has 0 radical (unpaired) electrons. The normalized spacial score (nSPS) is 10.6. The van der Waals surface area contributed by atoms with Gasteiger partial charge in [0.2, 0.25) is 0 Å². The molecule has 23 heavy (non-hydrogen) atoms. The molecule has 2 rings (SSSR count). The van der Waals surface area contributed by atoms with E-state index in [-0.39, 0.29) is 5.82 Å². The summed E-state index contributed by atoms with van der Waals surface area (Å²) in [6.45, 7) is 1.87. The monoisotopic (exact) mass is 356 g/mol. The van der Waals surface area contributed by atoms with Gasteiger partial charge < -0.3 is 15.4 Å². The highest BCUT2D eigenvalue weighted by molar-refractivity contribution is 7.80. The van der Waals surface area contributed by atoms with Crippen LogP contribution in [-0.4, -0.2) is 35.2 Å². The number of thiocarbonyl (C=S) groups is 1. The zero-order valence-corrected chi connectivity index (χ0v) is 14.3. The van der Waals surface area contributed by atoms with Gasteiger partial charge in [-0.25, -0.2) is 4.39 Å². The van der Waals surface area contributed by atoms with Crippen LogP contribution in [0.2, 0.25) is 5.02 Å². The summed E-state index contributed by atoms with van der Waals surface area (Å²) in [5.74, 6) is -0.355. The highest BCUT2D eigenvalue weighted by Crippen LogP contribution is 2.18. The summed E-state index contributed by atoms with van der Waals surface area (Å²) >= 11 is 11.2. The van der Waals surface area contributed by atoms with Crippen LogP contribution in [0.3, 0.4) is 0 Å². The summed E-state index contributed by atoms with van der Waals surface area (Å²) in [6.07, 6.45) is 4.35. The molecule has 0 saturated heterocycles. The SMILES string of the molecule is COCCCNC(=S)Nc1cnn(Cc2ccc(F)cc2Cl)c1. The van der Waals surface area contributed by atoms with Crippen LogP contribution in [0.5, 0.6) is 0 Å². The van der Waals surface area contributed by atoms with Crippen LogP contribution in [0.25, 0.3) is 0 Å². The fraction of sp³-hybridized carbons (Fsp3) is 0.333. The first kappa shape index (κ1) is 17.7. The number of rotatable bonds is 7. The number of methoxy groups -OCH3 is 1. The molecule has 124 valence electrons. The van der Waals surface area contributed by atoms with E-state index in [9.17, 15) is 4.39 Å². The van der Waals surface area contributed by atoms with Gasteiger partial charge in [0.15, 0.2) is 5.11 Å². The van der Waals surface area contributed by atoms with Gasteiger partial charge in [-0.1, -0.05) is 17.7 Å². The number of aromatic nitrogens is 2. The van der Waals surface area contributed by atoms with E-state index in [4.69, 9.17) is 28.6 Å². The van der Waals surface area contributed by atoms with Crippen LogP contribution < -0.4 is 10.6 Å². The maximum absolute atomic E-state index is 13.0. The van der Waals surface area contributed by atoms with E-state index in [1.54, 1.807) is 24.1 Å². The molecule has 0 saturated carbocycles. The van der Waals surface area contributed by atoms with Crippen molar-refractivity contribution in [2.45, 2.75) is 13.0 Å². The number of nitrogens with zero attached hydrogens (tertiary/aromatic N) is 2. The van der Waals surface area contributed by atoms with Crippen LogP contribution >= 0.6 is 23.8 Å². The Labute approximate surface area is 144 Å². The molecule has 0 aliphatic heterocycles. The highest BCUT2D eigenvalue weighted by Gasteiger charge is 2.05. The van der Waals surface area contributed by atoms with Crippen molar-refractivity contribution in [1.29, 1.82) is 0 Å². The summed E-state index contributed by atoms with van der Waals surface area (Å²) in [6, 6.07) is 4.32. The summed E-state index contributed by atoms with van der Waals surface area (Å²) in [4.78, 5) is 0. The standard InChI is InChI=1S/C15H18ClFN4OS/c1-22-6-2-5-18-15(23)20-13-8-19-21(10-13)9-11-3-4-12(17)7-14(11)16/h3-4,7-8,10H,2,5-6,9H2,1H3,(H2,18,20,23). The molecule has 0 atom stereocenters. The fourth-order valence-electron chi connectivity index (χ4n) is 1.93. The molecular weight excluding hydrogens is 339 g/mol. The van der Waals surface area contributed by atoms with Crippen molar-refractivity contribution < 1.29 is 9.13 Å². The van der Waals surface area contributed by atoms with E-state index in [1.165, 1.54) is 12.1 Å². The Hall–Kier alpha value is -1.70. The van der Waals surface area contributed by atoms with Crippen molar-refractivity contribution in [2.75, 3.05) is 25.6 Å². The molecule has 0 spiro atoms. The Kier molecular flexibility index (Phi) is 6.76. The molecule has 0 unspecified atom stereocenters. The van der Waals surface area contributed by atoms with E-state index in [0.717, 1.165) is 24.2 Å². The topological polar surface area (TPSA) is 51.1 Å². The number of hydrogen-bond acceptors (Lipinski definition) is 3. The maximum atomic E-state index is 13.0. The minimum Gasteiger partial charge on any atom is -0.385 e. The van der Waals surface area contributed by atoms with E-state index < -0.39 is 0 Å². The first-order chi connectivity index (χ1) is 11.1. The highest BCUT2D eigenvalue weighted by atomic mass is 35.5. The van der Waals surface area contributed by atoms with Gasteiger partial charge in [-0.2, -0.15) is 5.10 Å². The lowest BCUT2D eigenvalue weighted by molar-refractivity contribution is 0.196. The van der Waals surface area contributed by atoms with Gasteiger partial charge in [0.05, 0.1) is 18.4 Å². The average molecular weight is 357 g/mol. The molecule has 2 N–H and O–H groups in total. The molecule has 0 aliphatic rings. The van der Waals surface area contributed by atoms with Crippen molar-refractivity contribution in [1.82, 2.24) is 15.1 Å². The predicted molar refractivity (Wildman–Crippen MR) is 93.5 cm³/mol. The molecule has 0 fully saturated rings. The van der Waals surface area contributed by atoms with Gasteiger partial charge >= 0.3 is 0 Å². The molecule has 1 aromatic carbocycles. The number of ether oxygens (including phenoxy) is 1. The molecule has 0 aliphatic carbocycles. The molecule has 8 heteroatoms. The van der Waals surface area contributed by atoms with Gasteiger partial charge in [-0.05, 0) is 36.3 Å². The Morgan fingerprint density at radius 1 is 1.48 bits per heavy atom. The predicted octanol–water partition coefficient (Wildman–Crippen LogP) is 3.05. The van der Waals surface area contributed by atoms with Crippen LogP contribution in [0.15, 0.2) is 30.6 Å². The summed E-state index contributed by atoms with van der Waals surface area (Å²) in [5.41, 5.74) is 1.57. The zero-order valence-electron chi connectivity index (χ0n) is 12.7. The quantitative estimate of drug-likeness (QED) is 0.590. The second-order valence-electron chi connectivity index (χ2n) is 4.89. The average Bonchev–Trinajstić information content (AvgIpc) is 2.94. The molecule has 1 aromatic heterocycles. The van der Waals surface area contributed by atoms with E-state index in [2.05, 4.69) is 15.7 Å². The minimum absolute atomic E-state index is 0.355. The van der Waals surface area contributed by atoms with Crippen molar-refractivity contribution in [2.24, 2.45) is 0 Å². The molecule has 0 amide bonds. The lowest BCUT2D eigenvalue weighted by Gasteiger charge is -2.08. The lowest BCUT2D eigenvalue weighted by Crippen LogP contribution is -2.29. The molecule has 2 aromatic rings. The third-order valence-electron chi connectivity index (χ3n) is 3.05. The molecular formula is C15H18ClFN4OS. The zero-order chi connectivity index (χ0) is 16.7. The fourth-order valence-corrected chi connectivity index (χ4v) is 2.38. The van der Waals surface area contributed by atoms with Crippen LogP contribution in [-0.2, 0) is 11.3 Å². The number of halogens is 2. The van der Waals surface area contributed by atoms with Crippen molar-refractivity contribution in [3.05, 3.63) is 47.0 Å². The second kappa shape index (κ2) is 8.81. The molecule has 1 heterocycles. The molecule has 5 nitrogen and oxygen atoms in total. The van der Waals surface area contributed by atoms with Crippen LogP contribution in [0.4, 0.5) is 10.1 Å². The van der Waals surface area contributed by atoms with E-state index >= 15 is 0 Å². The summed E-state index contributed by atoms with van der Waals surface area (Å²) in [5, 5.41) is 11.3. The summed E-state index contributed by atoms with van der Waals surface area (Å²) < 4.78 is 19.7. The maximum Gasteiger partial charge on any atom is 0.170 e. The van der Waals surface area contributed by atoms with Gasteiger partial charge in [-0.15, -0.1) is 0 Å². The second-order valence-corrected chi connectivity index (χ2v) is 5.71. The van der Waals surface area contributed by atoms with Crippen molar-refractivity contribution in [3.8, 4) is 0 Å². The molecule has 0 bridgehead atoms. The van der Waals surface area contributed by atoms with Crippen LogP contribution in [0.1, 0.15) is 12.0 Å². The van der Waals surface area contributed by atoms with Crippen molar-refractivity contribution >= 4 is 34.6 Å². The smallest absolute Gasteiger partial charge is 0.170 e. The Bertz CT molecular complexity index is 665. The van der Waals surface area contributed by atoms with E-state index in [0.29, 0.717) is 23.3 Å². The largest absolute Gasteiger partial charge is 0.385 e. The van der Waals surface area contributed by atoms with Crippen LogP contribution in [0, 0.1) is 5.82 Å². The minimum atomic E-state index is -0.355. The first-order valence-corrected chi connectivity index (χ1v) is 7.87. The third kappa shape index (κ3) is 5.78. The Morgan fingerprint density at radius 3 is 3.04 bits per heavy atom. The summed E-state index contributed by atoms with van der Waals surface area (Å²) in [7, 11) is 1.67. The third-order valence-corrected chi connectivity index (χ3v) is 3.65. The number of nitrogens with one attached hydrogen (secondary N) is 2. The van der Waals surface area contributed by atoms with Crippen molar-refractivity contribution in [3.63, 3.8) is 0 Å².